The molecule has 1 unspecified atom stereocenters. The molecule has 0 aromatic carbocycles. The number of ether oxygens (including phenoxy) is 1. The molecule has 6 heteroatoms. The molecule has 19 heavy (non-hydrogen) atoms. The van der Waals surface area contributed by atoms with E-state index in [4.69, 9.17) is 11.2 Å². The lowest BCUT2D eigenvalue weighted by Crippen LogP contribution is -2.35. The highest BCUT2D eigenvalue weighted by molar-refractivity contribution is 5.68. The minimum absolute atomic E-state index is 0.314. The number of amides is 1. The first-order valence-corrected chi connectivity index (χ1v) is 6.20. The molecule has 0 aliphatic carbocycles. The summed E-state index contributed by atoms with van der Waals surface area (Å²) in [5.41, 5.74) is -0.549. The monoisotopic (exact) mass is 266 g/mol. The Hall–Kier alpha value is -2.03. The molecular weight excluding hydrogens is 244 g/mol. The first-order chi connectivity index (χ1) is 8.92. The largest absolute Gasteiger partial charge is 0.444 e. The normalized spacial score (nSPS) is 11.6. The van der Waals surface area contributed by atoms with E-state index >= 15 is 0 Å². The molecule has 1 rings (SSSR count). The van der Waals surface area contributed by atoms with Crippen LogP contribution < -0.4 is 5.32 Å². The average Bonchev–Trinajstić information content (AvgIpc) is 2.82. The number of H-pyrrole nitrogens is 1. The van der Waals surface area contributed by atoms with Crippen molar-refractivity contribution in [2.75, 3.05) is 0 Å². The molecule has 0 aliphatic heterocycles. The van der Waals surface area contributed by atoms with Crippen LogP contribution in [0.1, 0.15) is 52.9 Å². The predicted molar refractivity (Wildman–Crippen MR) is 73.3 cm³/mol. The van der Waals surface area contributed by atoms with E-state index in [2.05, 4.69) is 26.4 Å². The second-order valence-corrected chi connectivity index (χ2v) is 4.48. The van der Waals surface area contributed by atoms with Crippen molar-refractivity contribution in [2.45, 2.75) is 52.7 Å². The van der Waals surface area contributed by atoms with Crippen LogP contribution in [0.5, 0.6) is 0 Å². The van der Waals surface area contributed by atoms with Crippen LogP contribution >= 0.6 is 0 Å². The summed E-state index contributed by atoms with van der Waals surface area (Å²) in [6.45, 7) is 9.37. The Bertz CT molecular complexity index is 401. The zero-order valence-electron chi connectivity index (χ0n) is 12.2. The molecule has 1 heterocycles. The maximum absolute atomic E-state index is 11.6. The van der Waals surface area contributed by atoms with Gasteiger partial charge < -0.3 is 10.1 Å². The molecular formula is C13H22N4O2. The van der Waals surface area contributed by atoms with E-state index in [0.717, 1.165) is 0 Å². The molecule has 1 atom stereocenters. The van der Waals surface area contributed by atoms with Crippen LogP contribution in [0.4, 0.5) is 4.79 Å². The molecule has 0 aliphatic rings. The number of aromatic amines is 1. The fraction of sp³-hybridized carbons (Fsp3) is 0.615. The van der Waals surface area contributed by atoms with E-state index in [9.17, 15) is 4.79 Å². The van der Waals surface area contributed by atoms with Gasteiger partial charge >= 0.3 is 6.09 Å². The van der Waals surface area contributed by atoms with Crippen molar-refractivity contribution in [1.29, 1.82) is 0 Å². The van der Waals surface area contributed by atoms with Crippen LogP contribution in [0.3, 0.4) is 0 Å². The molecule has 0 saturated heterocycles. The van der Waals surface area contributed by atoms with E-state index in [0.29, 0.717) is 12.2 Å². The summed E-state index contributed by atoms with van der Waals surface area (Å²) in [5, 5.41) is 9.01. The number of nitrogens with one attached hydrogen (secondary N) is 2. The van der Waals surface area contributed by atoms with Crippen LogP contribution in [0.2, 0.25) is 0 Å². The number of hydrogen-bond acceptors (Lipinski definition) is 4. The highest BCUT2D eigenvalue weighted by Crippen LogP contribution is 2.13. The smallest absolute Gasteiger partial charge is 0.408 e. The number of carbonyl (C=O) groups is 1. The van der Waals surface area contributed by atoms with E-state index in [-0.39, 0.29) is 0 Å². The maximum Gasteiger partial charge on any atom is 0.408 e. The predicted octanol–water partition coefficient (Wildman–Crippen LogP) is 2.42. The first-order valence-electron chi connectivity index (χ1n) is 6.20. The molecule has 0 bridgehead atoms. The number of rotatable bonds is 3. The minimum atomic E-state index is -0.549. The fourth-order valence-electron chi connectivity index (χ4n) is 1.17. The van der Waals surface area contributed by atoms with Crippen molar-refractivity contribution in [2.24, 2.45) is 0 Å². The lowest BCUT2D eigenvalue weighted by atomic mass is 10.2. The Labute approximate surface area is 114 Å². The van der Waals surface area contributed by atoms with Gasteiger partial charge in [0.25, 0.3) is 0 Å². The summed E-state index contributed by atoms with van der Waals surface area (Å²) in [7, 11) is 0. The van der Waals surface area contributed by atoms with Crippen LogP contribution in [-0.4, -0.2) is 26.9 Å². The van der Waals surface area contributed by atoms with Crippen LogP contribution in [-0.2, 0) is 4.74 Å². The van der Waals surface area contributed by atoms with Gasteiger partial charge in [-0.3, -0.25) is 5.10 Å². The molecule has 6 nitrogen and oxygen atoms in total. The summed E-state index contributed by atoms with van der Waals surface area (Å²) in [6, 6.07) is -0.419. The fourth-order valence-corrected chi connectivity index (χ4v) is 1.17. The van der Waals surface area contributed by atoms with Gasteiger partial charge in [0.1, 0.15) is 23.8 Å². The first kappa shape index (κ1) is 17.0. The highest BCUT2D eigenvalue weighted by Gasteiger charge is 2.21. The summed E-state index contributed by atoms with van der Waals surface area (Å²) in [4.78, 5) is 15.5. The van der Waals surface area contributed by atoms with Crippen molar-refractivity contribution in [3.8, 4) is 12.3 Å². The van der Waals surface area contributed by atoms with E-state index in [1.165, 1.54) is 6.33 Å². The van der Waals surface area contributed by atoms with Crippen LogP contribution in [0.25, 0.3) is 0 Å². The van der Waals surface area contributed by atoms with Crippen molar-refractivity contribution in [1.82, 2.24) is 20.5 Å². The third-order valence-electron chi connectivity index (χ3n) is 1.78. The summed E-state index contributed by atoms with van der Waals surface area (Å²) >= 11 is 0. The summed E-state index contributed by atoms with van der Waals surface area (Å²) in [6.07, 6.45) is 6.37. The second kappa shape index (κ2) is 8.14. The van der Waals surface area contributed by atoms with Crippen molar-refractivity contribution in [3.63, 3.8) is 0 Å². The Kier molecular flexibility index (Phi) is 7.27. The minimum Gasteiger partial charge on any atom is -0.444 e. The van der Waals surface area contributed by atoms with Gasteiger partial charge in [-0.25, -0.2) is 9.78 Å². The van der Waals surface area contributed by atoms with Gasteiger partial charge in [-0.2, -0.15) is 5.10 Å². The van der Waals surface area contributed by atoms with Gasteiger partial charge in [0.15, 0.2) is 0 Å². The number of alkyl carbamates (subject to hydrolysis) is 1. The lowest BCUT2D eigenvalue weighted by Gasteiger charge is -2.21. The van der Waals surface area contributed by atoms with Gasteiger partial charge in [-0.1, -0.05) is 13.8 Å². The molecule has 1 aromatic heterocycles. The average molecular weight is 266 g/mol. The SMILES string of the molecule is C#CCC(NC(=O)OC(C)(C)C)c1ncn[nH]1.CC. The maximum atomic E-state index is 11.6. The molecule has 1 amide bonds. The van der Waals surface area contributed by atoms with E-state index in [1.54, 1.807) is 20.8 Å². The number of terminal acetylenes is 1. The van der Waals surface area contributed by atoms with Crippen molar-refractivity contribution < 1.29 is 9.53 Å². The molecule has 0 spiro atoms. The van der Waals surface area contributed by atoms with E-state index in [1.807, 2.05) is 13.8 Å². The molecule has 106 valence electrons. The Morgan fingerprint density at radius 3 is 2.63 bits per heavy atom. The Morgan fingerprint density at radius 1 is 1.58 bits per heavy atom. The standard InChI is InChI=1S/C11H16N4O2.C2H6/c1-5-6-8(9-12-7-13-15-9)14-10(16)17-11(2,3)4;1-2/h1,7-8H,6H2,2-4H3,(H,14,16)(H,12,13,15);1-2H3. The second-order valence-electron chi connectivity index (χ2n) is 4.48. The quantitative estimate of drug-likeness (QED) is 0.823. The zero-order valence-corrected chi connectivity index (χ0v) is 12.2. The molecule has 0 fully saturated rings. The third kappa shape index (κ3) is 7.09. The van der Waals surface area contributed by atoms with Crippen molar-refractivity contribution >= 4 is 6.09 Å². The van der Waals surface area contributed by atoms with Gasteiger partial charge in [0.2, 0.25) is 0 Å². The number of nitrogens with zero attached hydrogens (tertiary/aromatic N) is 2. The Morgan fingerprint density at radius 2 is 2.21 bits per heavy atom. The molecule has 0 saturated carbocycles. The molecule has 0 radical (unpaired) electrons. The topological polar surface area (TPSA) is 79.9 Å². The van der Waals surface area contributed by atoms with Gasteiger partial charge in [-0.15, -0.1) is 12.3 Å². The summed E-state index contributed by atoms with van der Waals surface area (Å²) in [5.74, 6) is 2.97. The van der Waals surface area contributed by atoms with Gasteiger partial charge in [-0.05, 0) is 20.8 Å². The lowest BCUT2D eigenvalue weighted by molar-refractivity contribution is 0.0502. The van der Waals surface area contributed by atoms with Crippen molar-refractivity contribution in [3.05, 3.63) is 12.2 Å². The number of carbonyl (C=O) groups excluding carboxylic acids is 1. The van der Waals surface area contributed by atoms with Crippen LogP contribution in [0, 0.1) is 12.3 Å². The van der Waals surface area contributed by atoms with Gasteiger partial charge in [0.05, 0.1) is 0 Å². The zero-order chi connectivity index (χ0) is 14.9. The van der Waals surface area contributed by atoms with Gasteiger partial charge in [0, 0.05) is 6.42 Å². The molecule has 2 N–H and O–H groups in total. The Balaban J connectivity index is 0.00000154. The highest BCUT2D eigenvalue weighted by atomic mass is 16.6. The van der Waals surface area contributed by atoms with E-state index < -0.39 is 17.7 Å². The summed E-state index contributed by atoms with van der Waals surface area (Å²) < 4.78 is 5.13. The third-order valence-corrected chi connectivity index (χ3v) is 1.78. The molecule has 1 aromatic rings. The number of aromatic nitrogens is 3. The van der Waals surface area contributed by atoms with Crippen LogP contribution in [0.15, 0.2) is 6.33 Å². The number of hydrogen-bond donors (Lipinski definition) is 2.